The molecule has 1 amide bonds. The van der Waals surface area contributed by atoms with Gasteiger partial charge in [0.1, 0.15) is 6.61 Å². The van der Waals surface area contributed by atoms with Gasteiger partial charge in [0.15, 0.2) is 11.6 Å². The van der Waals surface area contributed by atoms with E-state index in [1.807, 2.05) is 13.8 Å². The first-order valence-corrected chi connectivity index (χ1v) is 6.89. The van der Waals surface area contributed by atoms with Crippen molar-refractivity contribution in [3.8, 4) is 5.75 Å². The van der Waals surface area contributed by atoms with E-state index in [9.17, 15) is 9.18 Å². The first kappa shape index (κ1) is 16.4. The molecule has 1 atom stereocenters. The number of halogens is 1. The summed E-state index contributed by atoms with van der Waals surface area (Å²) >= 11 is 0. The van der Waals surface area contributed by atoms with E-state index in [1.165, 1.54) is 6.07 Å². The van der Waals surface area contributed by atoms with Crippen molar-refractivity contribution in [3.63, 3.8) is 0 Å². The van der Waals surface area contributed by atoms with E-state index in [2.05, 4.69) is 5.32 Å². The van der Waals surface area contributed by atoms with Gasteiger partial charge in [-0.25, -0.2) is 4.39 Å². The molecular weight excluding hydrogens is 259 g/mol. The summed E-state index contributed by atoms with van der Waals surface area (Å²) in [5.41, 5.74) is 0. The van der Waals surface area contributed by atoms with Crippen LogP contribution in [-0.2, 0) is 4.79 Å². The molecule has 1 unspecified atom stereocenters. The number of likely N-dealkylation sites (N-methyl/N-ethyl adjacent to an activating group) is 1. The second-order valence-corrected chi connectivity index (χ2v) is 4.76. The van der Waals surface area contributed by atoms with Gasteiger partial charge in [-0.2, -0.15) is 0 Å². The number of carbonyl (C=O) groups is 1. The molecule has 0 bridgehead atoms. The number of nitrogens with zero attached hydrogens (tertiary/aromatic N) is 1. The van der Waals surface area contributed by atoms with Crippen LogP contribution in [0, 0.1) is 5.82 Å². The van der Waals surface area contributed by atoms with Gasteiger partial charge in [-0.3, -0.25) is 4.79 Å². The fourth-order valence-corrected chi connectivity index (χ4v) is 1.82. The minimum atomic E-state index is -0.387. The summed E-state index contributed by atoms with van der Waals surface area (Å²) in [4.78, 5) is 13.5. The molecule has 0 saturated carbocycles. The lowest BCUT2D eigenvalue weighted by Gasteiger charge is -2.20. The van der Waals surface area contributed by atoms with E-state index in [0.29, 0.717) is 13.0 Å². The predicted octanol–water partition coefficient (Wildman–Crippen LogP) is 2.05. The standard InChI is InChI=1S/C15H23FN2O2/c1-4-17-12(2)11-15(19)18(3)9-10-20-14-8-6-5-7-13(14)16/h5-8,12,17H,4,9-11H2,1-3H3. The molecule has 0 aliphatic rings. The lowest BCUT2D eigenvalue weighted by molar-refractivity contribution is -0.130. The number of amides is 1. The fraction of sp³-hybridized carbons (Fsp3) is 0.533. The lowest BCUT2D eigenvalue weighted by atomic mass is 10.2. The SMILES string of the molecule is CCNC(C)CC(=O)N(C)CCOc1ccccc1F. The molecular formula is C15H23FN2O2. The van der Waals surface area contributed by atoms with Crippen LogP contribution >= 0.6 is 0 Å². The number of carbonyl (C=O) groups excluding carboxylic acids is 1. The molecule has 4 nitrogen and oxygen atoms in total. The van der Waals surface area contributed by atoms with Crippen molar-refractivity contribution >= 4 is 5.91 Å². The highest BCUT2D eigenvalue weighted by atomic mass is 19.1. The van der Waals surface area contributed by atoms with Crippen molar-refractivity contribution in [1.82, 2.24) is 10.2 Å². The highest BCUT2D eigenvalue weighted by Crippen LogP contribution is 2.15. The maximum atomic E-state index is 13.3. The second kappa shape index (κ2) is 8.53. The summed E-state index contributed by atoms with van der Waals surface area (Å²) in [7, 11) is 1.73. The number of rotatable bonds is 8. The smallest absolute Gasteiger partial charge is 0.223 e. The molecule has 1 rings (SSSR count). The van der Waals surface area contributed by atoms with Crippen molar-refractivity contribution in [1.29, 1.82) is 0 Å². The topological polar surface area (TPSA) is 41.6 Å². The Balaban J connectivity index is 2.31. The van der Waals surface area contributed by atoms with Gasteiger partial charge >= 0.3 is 0 Å². The van der Waals surface area contributed by atoms with Gasteiger partial charge in [0.25, 0.3) is 0 Å². The van der Waals surface area contributed by atoms with Crippen LogP contribution in [0.1, 0.15) is 20.3 Å². The Morgan fingerprint density at radius 2 is 2.15 bits per heavy atom. The Bertz CT molecular complexity index is 426. The minimum Gasteiger partial charge on any atom is -0.489 e. The van der Waals surface area contributed by atoms with Gasteiger partial charge in [-0.1, -0.05) is 19.1 Å². The second-order valence-electron chi connectivity index (χ2n) is 4.76. The van der Waals surface area contributed by atoms with Crippen molar-refractivity contribution in [2.45, 2.75) is 26.3 Å². The molecule has 0 fully saturated rings. The van der Waals surface area contributed by atoms with Gasteiger partial charge in [-0.15, -0.1) is 0 Å². The first-order chi connectivity index (χ1) is 9.54. The molecule has 0 saturated heterocycles. The van der Waals surface area contributed by atoms with Crippen LogP contribution < -0.4 is 10.1 Å². The highest BCUT2D eigenvalue weighted by molar-refractivity contribution is 5.76. The van der Waals surface area contributed by atoms with Crippen molar-refractivity contribution in [3.05, 3.63) is 30.1 Å². The highest BCUT2D eigenvalue weighted by Gasteiger charge is 2.12. The van der Waals surface area contributed by atoms with Crippen molar-refractivity contribution in [2.24, 2.45) is 0 Å². The Kier molecular flexibility index (Phi) is 7.01. The largest absolute Gasteiger partial charge is 0.489 e. The van der Waals surface area contributed by atoms with Gasteiger partial charge in [0, 0.05) is 19.5 Å². The molecule has 1 aromatic rings. The molecule has 1 N–H and O–H groups in total. The zero-order valence-corrected chi connectivity index (χ0v) is 12.4. The molecule has 5 heteroatoms. The molecule has 0 spiro atoms. The number of ether oxygens (including phenoxy) is 1. The van der Waals surface area contributed by atoms with Crippen LogP contribution in [-0.4, -0.2) is 43.6 Å². The zero-order chi connectivity index (χ0) is 15.0. The molecule has 1 aromatic carbocycles. The van der Waals surface area contributed by atoms with Gasteiger partial charge < -0.3 is 15.0 Å². The molecule has 20 heavy (non-hydrogen) atoms. The predicted molar refractivity (Wildman–Crippen MR) is 77.3 cm³/mol. The van der Waals surface area contributed by atoms with E-state index in [4.69, 9.17) is 4.74 Å². The summed E-state index contributed by atoms with van der Waals surface area (Å²) in [6.45, 7) is 5.54. The van der Waals surface area contributed by atoms with Crippen LogP contribution in [0.3, 0.4) is 0 Å². The summed E-state index contributed by atoms with van der Waals surface area (Å²) in [5, 5.41) is 3.19. The van der Waals surface area contributed by atoms with Crippen LogP contribution in [0.15, 0.2) is 24.3 Å². The molecule has 0 heterocycles. The average molecular weight is 282 g/mol. The average Bonchev–Trinajstić information content (AvgIpc) is 2.41. The summed E-state index contributed by atoms with van der Waals surface area (Å²) in [6, 6.07) is 6.40. The number of hydrogen-bond donors (Lipinski definition) is 1. The molecule has 0 aliphatic carbocycles. The lowest BCUT2D eigenvalue weighted by Crippen LogP contribution is -2.36. The third-order valence-corrected chi connectivity index (χ3v) is 2.98. The summed E-state index contributed by atoms with van der Waals surface area (Å²) in [5.74, 6) is -0.118. The number of benzene rings is 1. The van der Waals surface area contributed by atoms with E-state index < -0.39 is 0 Å². The Morgan fingerprint density at radius 3 is 2.80 bits per heavy atom. The Hall–Kier alpha value is -1.62. The number of para-hydroxylation sites is 1. The van der Waals surface area contributed by atoms with Crippen LogP contribution in [0.25, 0.3) is 0 Å². The normalized spacial score (nSPS) is 12.0. The van der Waals surface area contributed by atoms with Crippen molar-refractivity contribution in [2.75, 3.05) is 26.7 Å². The maximum absolute atomic E-state index is 13.3. The molecule has 0 aliphatic heterocycles. The van der Waals surface area contributed by atoms with E-state index >= 15 is 0 Å². The minimum absolute atomic E-state index is 0.0515. The van der Waals surface area contributed by atoms with Crippen LogP contribution in [0.4, 0.5) is 4.39 Å². The fourth-order valence-electron chi connectivity index (χ4n) is 1.82. The Labute approximate surface area is 119 Å². The quantitative estimate of drug-likeness (QED) is 0.793. The molecule has 0 radical (unpaired) electrons. The van der Waals surface area contributed by atoms with E-state index in [-0.39, 0.29) is 30.1 Å². The monoisotopic (exact) mass is 282 g/mol. The molecule has 112 valence electrons. The third kappa shape index (κ3) is 5.57. The Morgan fingerprint density at radius 1 is 1.45 bits per heavy atom. The number of hydrogen-bond acceptors (Lipinski definition) is 3. The van der Waals surface area contributed by atoms with Gasteiger partial charge in [-0.05, 0) is 25.6 Å². The van der Waals surface area contributed by atoms with Crippen LogP contribution in [0.2, 0.25) is 0 Å². The van der Waals surface area contributed by atoms with E-state index in [0.717, 1.165) is 6.54 Å². The summed E-state index contributed by atoms with van der Waals surface area (Å²) in [6.07, 6.45) is 0.448. The van der Waals surface area contributed by atoms with Crippen molar-refractivity contribution < 1.29 is 13.9 Å². The van der Waals surface area contributed by atoms with Crippen LogP contribution in [0.5, 0.6) is 5.75 Å². The first-order valence-electron chi connectivity index (χ1n) is 6.89. The van der Waals surface area contributed by atoms with E-state index in [1.54, 1.807) is 30.1 Å². The molecule has 0 aromatic heterocycles. The third-order valence-electron chi connectivity index (χ3n) is 2.98. The number of nitrogens with one attached hydrogen (secondary N) is 1. The summed E-state index contributed by atoms with van der Waals surface area (Å²) < 4.78 is 18.6. The van der Waals surface area contributed by atoms with Gasteiger partial charge in [0.2, 0.25) is 5.91 Å². The zero-order valence-electron chi connectivity index (χ0n) is 12.4. The van der Waals surface area contributed by atoms with Gasteiger partial charge in [0.05, 0.1) is 6.54 Å². The maximum Gasteiger partial charge on any atom is 0.223 e.